The van der Waals surface area contributed by atoms with Crippen LogP contribution in [0, 0.1) is 5.82 Å². The summed E-state index contributed by atoms with van der Waals surface area (Å²) in [6, 6.07) is 11.3. The number of hydrogen-bond donors (Lipinski definition) is 8. The zero-order valence-corrected chi connectivity index (χ0v) is 37.8. The predicted molar refractivity (Wildman–Crippen MR) is 242 cm³/mol. The first kappa shape index (κ1) is 50.7. The molecule has 0 bridgehead atoms. The molecule has 0 saturated carbocycles. The van der Waals surface area contributed by atoms with Gasteiger partial charge in [-0.3, -0.25) is 28.9 Å². The molecule has 0 radical (unpaired) electrons. The molecule has 8 N–H and O–H groups in total. The first-order chi connectivity index (χ1) is 33.2. The maximum absolute atomic E-state index is 15.2. The number of amides is 6. The zero-order chi connectivity index (χ0) is 49.5. The molecule has 3 heterocycles. The van der Waals surface area contributed by atoms with Crippen LogP contribution in [0.1, 0.15) is 52.6 Å². The van der Waals surface area contributed by atoms with Crippen LogP contribution < -0.4 is 31.1 Å². The molecule has 4 aromatic rings. The van der Waals surface area contributed by atoms with E-state index < -0.39 is 64.8 Å². The number of aromatic nitrogens is 3. The number of ether oxygens (including phenoxy) is 3. The summed E-state index contributed by atoms with van der Waals surface area (Å²) >= 11 is 0. The van der Waals surface area contributed by atoms with Crippen LogP contribution in [0.25, 0.3) is 0 Å². The summed E-state index contributed by atoms with van der Waals surface area (Å²) in [7, 11) is 0. The van der Waals surface area contributed by atoms with Crippen molar-refractivity contribution in [1.82, 2.24) is 41.2 Å². The molecule has 0 spiro atoms. The van der Waals surface area contributed by atoms with Crippen LogP contribution in [-0.4, -0.2) is 160 Å². The summed E-state index contributed by atoms with van der Waals surface area (Å²) in [5.41, 5.74) is 0.742. The van der Waals surface area contributed by atoms with E-state index in [-0.39, 0.29) is 82.0 Å². The number of hydrogen-bond acceptors (Lipinski definition) is 16. The first-order valence-electron chi connectivity index (χ1n) is 22.2. The lowest BCUT2D eigenvalue weighted by Gasteiger charge is -2.36. The van der Waals surface area contributed by atoms with E-state index in [0.29, 0.717) is 62.6 Å². The maximum Gasteiger partial charge on any atom is 0.414 e. The van der Waals surface area contributed by atoms with Gasteiger partial charge in [-0.1, -0.05) is 17.3 Å². The molecular weight excluding hydrogens is 908 g/mol. The number of cyclic esters (lactones) is 1. The van der Waals surface area contributed by atoms with Gasteiger partial charge in [0.15, 0.2) is 23.0 Å². The Bertz CT molecular complexity index is 2470. The number of halogens is 1. The minimum atomic E-state index is -1.09. The van der Waals surface area contributed by atoms with Crippen LogP contribution in [0.4, 0.5) is 20.6 Å². The largest absolute Gasteiger partial charge is 0.504 e. The van der Waals surface area contributed by atoms with Crippen molar-refractivity contribution in [3.63, 3.8) is 0 Å². The number of piperazine rings is 1. The van der Waals surface area contributed by atoms with Crippen molar-refractivity contribution >= 4 is 47.0 Å². The Balaban J connectivity index is 0.862. The molecule has 0 aliphatic carbocycles. The predicted octanol–water partition coefficient (Wildman–Crippen LogP) is 1.10. The van der Waals surface area contributed by atoms with Gasteiger partial charge in [0.25, 0.3) is 11.8 Å². The molecule has 6 rings (SSSR count). The summed E-state index contributed by atoms with van der Waals surface area (Å²) in [5.74, 6) is -5.11. The molecule has 2 aliphatic heterocycles. The Morgan fingerprint density at radius 2 is 1.55 bits per heavy atom. The number of phenols is 4. The fourth-order valence-electron chi connectivity index (χ4n) is 7.38. The molecule has 24 heteroatoms. The minimum Gasteiger partial charge on any atom is -0.504 e. The van der Waals surface area contributed by atoms with Gasteiger partial charge in [-0.2, -0.15) is 0 Å². The molecular formula is C45H55FN10O13. The molecule has 370 valence electrons. The average Bonchev–Trinajstić information content (AvgIpc) is 3.96. The van der Waals surface area contributed by atoms with Gasteiger partial charge in [0, 0.05) is 39.6 Å². The number of rotatable bonds is 23. The van der Waals surface area contributed by atoms with Crippen molar-refractivity contribution in [2.24, 2.45) is 0 Å². The van der Waals surface area contributed by atoms with Gasteiger partial charge in [0.1, 0.15) is 30.3 Å². The summed E-state index contributed by atoms with van der Waals surface area (Å²) in [6.45, 7) is 4.03. The van der Waals surface area contributed by atoms with Crippen LogP contribution >= 0.6 is 0 Å². The number of nitrogens with one attached hydrogen (secondary N) is 4. The van der Waals surface area contributed by atoms with Crippen molar-refractivity contribution in [1.29, 1.82) is 0 Å². The topological polar surface area (TPSA) is 300 Å². The Morgan fingerprint density at radius 3 is 2.25 bits per heavy atom. The van der Waals surface area contributed by atoms with Crippen molar-refractivity contribution in [3.8, 4) is 23.0 Å². The monoisotopic (exact) mass is 962 g/mol. The van der Waals surface area contributed by atoms with E-state index in [1.807, 2.05) is 4.90 Å². The highest BCUT2D eigenvalue weighted by molar-refractivity contribution is 6.00. The van der Waals surface area contributed by atoms with Crippen LogP contribution in [0.15, 0.2) is 60.8 Å². The van der Waals surface area contributed by atoms with E-state index in [1.165, 1.54) is 59.0 Å². The normalized spacial score (nSPS) is 15.1. The third kappa shape index (κ3) is 14.1. The fraction of sp³-hybridized carbons (Fsp3) is 0.422. The lowest BCUT2D eigenvalue weighted by Crippen LogP contribution is -2.50. The number of unbranched alkanes of at least 4 members (excludes halogenated alkanes) is 1. The van der Waals surface area contributed by atoms with E-state index in [9.17, 15) is 49.2 Å². The molecule has 2 aliphatic rings. The van der Waals surface area contributed by atoms with Gasteiger partial charge in [0.05, 0.1) is 74.7 Å². The van der Waals surface area contributed by atoms with Crippen LogP contribution in [0.3, 0.4) is 0 Å². The summed E-state index contributed by atoms with van der Waals surface area (Å²) < 4.78 is 33.2. The van der Waals surface area contributed by atoms with Crippen molar-refractivity contribution < 1.29 is 67.8 Å². The van der Waals surface area contributed by atoms with Crippen LogP contribution in [0.2, 0.25) is 0 Å². The summed E-state index contributed by atoms with van der Waals surface area (Å²) in [5, 5.41) is 58.4. The number of benzene rings is 3. The standard InChI is InChI=1S/C45H55FN10O13/c1-28(57)48-24-31-26-56(45(66)69-31)30-11-12-36(34(46)22-30)53-14-16-54(17-15-53)39(60)27-68-21-20-67-19-18-55-25-29(51-52-55)23-49-44(65)35(50-43(64)33-7-5-10-38(59)41(33)62)8-2-3-13-47-42(63)32-6-4-9-37(58)40(32)61/h4-7,9-12,22,25,31,35,58-59,61-62H,2-3,8,13-21,23-24,26-27H2,1H3,(H,47,63)(H,48,57)(H,49,65)(H,50,64)/t31-,35-/m0/s1. The Hall–Kier alpha value is -7.73. The number of phenolic OH excluding ortho intramolecular Hbond substituents is 4. The highest BCUT2D eigenvalue weighted by Crippen LogP contribution is 2.30. The summed E-state index contributed by atoms with van der Waals surface area (Å²) in [6.07, 6.45) is 1.27. The number of carbonyl (C=O) groups excluding carboxylic acids is 6. The average molecular weight is 963 g/mol. The van der Waals surface area contributed by atoms with Gasteiger partial charge in [0.2, 0.25) is 17.7 Å². The van der Waals surface area contributed by atoms with Crippen LogP contribution in [-0.2, 0) is 41.7 Å². The van der Waals surface area contributed by atoms with E-state index in [4.69, 9.17) is 14.2 Å². The van der Waals surface area contributed by atoms with Crippen LogP contribution in [0.5, 0.6) is 23.0 Å². The number of aromatic hydroxyl groups is 4. The first-order valence-corrected chi connectivity index (χ1v) is 22.2. The van der Waals surface area contributed by atoms with E-state index in [1.54, 1.807) is 23.2 Å². The van der Waals surface area contributed by atoms with E-state index in [2.05, 4.69) is 31.6 Å². The zero-order valence-electron chi connectivity index (χ0n) is 37.8. The number of nitrogens with zero attached hydrogens (tertiary/aromatic N) is 6. The summed E-state index contributed by atoms with van der Waals surface area (Å²) in [4.78, 5) is 80.1. The Labute approximate surface area is 395 Å². The molecule has 69 heavy (non-hydrogen) atoms. The van der Waals surface area contributed by atoms with E-state index in [0.717, 1.165) is 0 Å². The minimum absolute atomic E-state index is 0.0454. The van der Waals surface area contributed by atoms with Gasteiger partial charge in [-0.05, 0) is 61.7 Å². The molecule has 3 aromatic carbocycles. The number of para-hydroxylation sites is 2. The third-order valence-corrected chi connectivity index (χ3v) is 11.1. The highest BCUT2D eigenvalue weighted by Gasteiger charge is 2.33. The van der Waals surface area contributed by atoms with Crippen molar-refractivity contribution in [3.05, 3.63) is 83.4 Å². The lowest BCUT2D eigenvalue weighted by atomic mass is 10.1. The third-order valence-electron chi connectivity index (χ3n) is 11.1. The van der Waals surface area contributed by atoms with Crippen molar-refractivity contribution in [2.75, 3.05) is 82.0 Å². The molecule has 6 amide bonds. The maximum atomic E-state index is 15.2. The Kier molecular flexibility index (Phi) is 17.9. The van der Waals surface area contributed by atoms with Gasteiger partial charge >= 0.3 is 6.09 Å². The molecule has 2 saturated heterocycles. The highest BCUT2D eigenvalue weighted by atomic mass is 19.1. The number of anilines is 2. The van der Waals surface area contributed by atoms with Crippen molar-refractivity contribution in [2.45, 2.75) is 51.4 Å². The molecule has 23 nitrogen and oxygen atoms in total. The van der Waals surface area contributed by atoms with Gasteiger partial charge < -0.3 is 65.7 Å². The second-order valence-corrected chi connectivity index (χ2v) is 16.0. The fourth-order valence-corrected chi connectivity index (χ4v) is 7.38. The Morgan fingerprint density at radius 1 is 0.855 bits per heavy atom. The second kappa shape index (κ2) is 24.3. The van der Waals surface area contributed by atoms with Gasteiger partial charge in [-0.25, -0.2) is 13.9 Å². The SMILES string of the molecule is CC(=O)NC[C@H]1CN(c2ccc(N3CCN(C(=O)COCCOCCn4cc(CNC(=O)[C@H](CCCCNC(=O)c5cccc(O)c5O)NC(=O)c5cccc(O)c5O)nn4)CC3)c(F)c2)C(=O)O1. The number of carbonyl (C=O) groups is 6. The quantitative estimate of drug-likeness (QED) is 0.0381. The molecule has 0 unspecified atom stereocenters. The lowest BCUT2D eigenvalue weighted by molar-refractivity contribution is -0.137. The van der Waals surface area contributed by atoms with Gasteiger partial charge in [-0.15, -0.1) is 5.10 Å². The second-order valence-electron chi connectivity index (χ2n) is 16.0. The van der Waals surface area contributed by atoms with E-state index >= 15 is 4.39 Å². The molecule has 2 fully saturated rings. The molecule has 1 aromatic heterocycles. The smallest absolute Gasteiger partial charge is 0.414 e. The molecule has 2 atom stereocenters.